The number of rotatable bonds is 7. The van der Waals surface area contributed by atoms with Crippen LogP contribution in [0, 0.1) is 0 Å². The summed E-state index contributed by atoms with van der Waals surface area (Å²) in [7, 11) is 1.72. The Labute approximate surface area is 191 Å². The van der Waals surface area contributed by atoms with Crippen LogP contribution in [-0.2, 0) is 11.3 Å². The Morgan fingerprint density at radius 2 is 2.03 bits per heavy atom. The predicted octanol–water partition coefficient (Wildman–Crippen LogP) is 2.84. The second-order valence-corrected chi connectivity index (χ2v) is 8.54. The molecule has 0 saturated carbocycles. The molecular formula is C23H27N5O3S. The van der Waals surface area contributed by atoms with Gasteiger partial charge in [0.15, 0.2) is 5.13 Å². The number of thiazole rings is 1. The van der Waals surface area contributed by atoms with Crippen LogP contribution in [0.2, 0.25) is 0 Å². The van der Waals surface area contributed by atoms with Crippen molar-refractivity contribution in [3.05, 3.63) is 65.6 Å². The van der Waals surface area contributed by atoms with E-state index in [1.54, 1.807) is 59.9 Å². The molecule has 168 valence electrons. The van der Waals surface area contributed by atoms with Crippen molar-refractivity contribution in [2.75, 3.05) is 49.6 Å². The standard InChI is InChI=1S/C23H27N5O3S/c1-26(20-8-3-2-7-19(20)22(30)25-16-18-6-4-14-31-18)21(29)17-27-10-5-11-28(13-12-27)23-24-9-15-32-23/h2-4,6-9,14-15H,5,10-13,16-17H2,1H3,(H,25,30). The van der Waals surface area contributed by atoms with Crippen molar-refractivity contribution in [2.24, 2.45) is 0 Å². The lowest BCUT2D eigenvalue weighted by molar-refractivity contribution is -0.119. The summed E-state index contributed by atoms with van der Waals surface area (Å²) in [5.74, 6) is 0.387. The number of nitrogens with one attached hydrogen (secondary N) is 1. The van der Waals surface area contributed by atoms with Crippen LogP contribution < -0.4 is 15.1 Å². The molecule has 0 radical (unpaired) electrons. The van der Waals surface area contributed by atoms with Gasteiger partial charge in [0, 0.05) is 44.8 Å². The van der Waals surface area contributed by atoms with Crippen molar-refractivity contribution < 1.29 is 14.0 Å². The van der Waals surface area contributed by atoms with Crippen LogP contribution in [0.5, 0.6) is 0 Å². The molecule has 3 aromatic rings. The van der Waals surface area contributed by atoms with Crippen molar-refractivity contribution in [1.29, 1.82) is 0 Å². The molecular weight excluding hydrogens is 426 g/mol. The second-order valence-electron chi connectivity index (χ2n) is 7.66. The number of furan rings is 1. The Hall–Kier alpha value is -3.17. The molecule has 1 aromatic carbocycles. The van der Waals surface area contributed by atoms with E-state index in [1.807, 2.05) is 17.6 Å². The van der Waals surface area contributed by atoms with E-state index in [0.717, 1.165) is 37.7 Å². The van der Waals surface area contributed by atoms with E-state index in [-0.39, 0.29) is 11.8 Å². The van der Waals surface area contributed by atoms with Gasteiger partial charge in [-0.15, -0.1) is 11.3 Å². The van der Waals surface area contributed by atoms with Gasteiger partial charge in [-0.2, -0.15) is 0 Å². The van der Waals surface area contributed by atoms with E-state index in [0.29, 0.717) is 30.1 Å². The van der Waals surface area contributed by atoms with E-state index in [4.69, 9.17) is 4.42 Å². The third kappa shape index (κ3) is 5.35. The SMILES string of the molecule is CN(C(=O)CN1CCCN(c2nccs2)CC1)c1ccccc1C(=O)NCc1ccco1. The van der Waals surface area contributed by atoms with Crippen LogP contribution in [0.3, 0.4) is 0 Å². The second kappa shape index (κ2) is 10.4. The fourth-order valence-electron chi connectivity index (χ4n) is 3.76. The first-order valence-corrected chi connectivity index (χ1v) is 11.5. The van der Waals surface area contributed by atoms with Crippen molar-refractivity contribution in [3.8, 4) is 0 Å². The molecule has 0 spiro atoms. The topological polar surface area (TPSA) is 81.9 Å². The average molecular weight is 454 g/mol. The Balaban J connectivity index is 1.37. The normalized spacial score (nSPS) is 14.7. The molecule has 32 heavy (non-hydrogen) atoms. The summed E-state index contributed by atoms with van der Waals surface area (Å²) in [4.78, 5) is 36.3. The van der Waals surface area contributed by atoms with Gasteiger partial charge in [0.1, 0.15) is 5.76 Å². The first-order chi connectivity index (χ1) is 15.6. The fourth-order valence-corrected chi connectivity index (χ4v) is 4.45. The van der Waals surface area contributed by atoms with Gasteiger partial charge in [0.25, 0.3) is 5.91 Å². The van der Waals surface area contributed by atoms with E-state index in [1.165, 1.54) is 0 Å². The highest BCUT2D eigenvalue weighted by Gasteiger charge is 2.23. The largest absolute Gasteiger partial charge is 0.467 e. The first-order valence-electron chi connectivity index (χ1n) is 10.6. The van der Waals surface area contributed by atoms with E-state index >= 15 is 0 Å². The fraction of sp³-hybridized carbons (Fsp3) is 0.348. The average Bonchev–Trinajstić information content (AvgIpc) is 3.49. The van der Waals surface area contributed by atoms with Crippen LogP contribution in [0.1, 0.15) is 22.5 Å². The summed E-state index contributed by atoms with van der Waals surface area (Å²) in [5, 5.41) is 5.87. The lowest BCUT2D eigenvalue weighted by atomic mass is 10.1. The summed E-state index contributed by atoms with van der Waals surface area (Å²) >= 11 is 1.64. The smallest absolute Gasteiger partial charge is 0.253 e. The highest BCUT2D eigenvalue weighted by molar-refractivity contribution is 7.13. The number of hydrogen-bond acceptors (Lipinski definition) is 7. The lowest BCUT2D eigenvalue weighted by Crippen LogP contribution is -2.41. The Morgan fingerprint density at radius 1 is 1.16 bits per heavy atom. The molecule has 4 rings (SSSR count). The maximum absolute atomic E-state index is 13.1. The Morgan fingerprint density at radius 3 is 2.81 bits per heavy atom. The third-order valence-corrected chi connectivity index (χ3v) is 6.36. The minimum Gasteiger partial charge on any atom is -0.467 e. The third-order valence-electron chi connectivity index (χ3n) is 5.52. The molecule has 2 amide bonds. The van der Waals surface area contributed by atoms with Gasteiger partial charge in [-0.05, 0) is 30.7 Å². The van der Waals surface area contributed by atoms with Crippen LogP contribution in [-0.4, -0.2) is 61.5 Å². The number of carbonyl (C=O) groups excluding carboxylic acids is 2. The molecule has 0 unspecified atom stereocenters. The van der Waals surface area contributed by atoms with Gasteiger partial charge >= 0.3 is 0 Å². The van der Waals surface area contributed by atoms with Gasteiger partial charge in [0.2, 0.25) is 5.91 Å². The first kappa shape index (κ1) is 22.0. The highest BCUT2D eigenvalue weighted by atomic mass is 32.1. The number of carbonyl (C=O) groups is 2. The molecule has 1 fully saturated rings. The maximum Gasteiger partial charge on any atom is 0.253 e. The zero-order valence-electron chi connectivity index (χ0n) is 18.1. The van der Waals surface area contributed by atoms with Gasteiger partial charge in [-0.1, -0.05) is 12.1 Å². The number of amides is 2. The maximum atomic E-state index is 13.1. The Kier molecular flexibility index (Phi) is 7.18. The van der Waals surface area contributed by atoms with Crippen LogP contribution >= 0.6 is 11.3 Å². The molecule has 1 saturated heterocycles. The number of para-hydroxylation sites is 1. The highest BCUT2D eigenvalue weighted by Crippen LogP contribution is 2.21. The molecule has 0 atom stereocenters. The monoisotopic (exact) mass is 453 g/mol. The molecule has 3 heterocycles. The van der Waals surface area contributed by atoms with Crippen LogP contribution in [0.25, 0.3) is 0 Å². The van der Waals surface area contributed by atoms with Crippen LogP contribution in [0.15, 0.2) is 58.7 Å². The molecule has 0 bridgehead atoms. The molecule has 2 aromatic heterocycles. The number of likely N-dealkylation sites (N-methyl/N-ethyl adjacent to an activating group) is 1. The molecule has 1 aliphatic heterocycles. The van der Waals surface area contributed by atoms with E-state index < -0.39 is 0 Å². The quantitative estimate of drug-likeness (QED) is 0.593. The Bertz CT molecular complexity index is 1020. The molecule has 1 aliphatic rings. The zero-order valence-corrected chi connectivity index (χ0v) is 18.9. The van der Waals surface area contributed by atoms with E-state index in [9.17, 15) is 9.59 Å². The molecule has 8 nitrogen and oxygen atoms in total. The van der Waals surface area contributed by atoms with Crippen molar-refractivity contribution in [1.82, 2.24) is 15.2 Å². The molecule has 1 N–H and O–H groups in total. The number of benzene rings is 1. The van der Waals surface area contributed by atoms with Crippen molar-refractivity contribution in [3.63, 3.8) is 0 Å². The number of anilines is 2. The van der Waals surface area contributed by atoms with Gasteiger partial charge < -0.3 is 19.5 Å². The summed E-state index contributed by atoms with van der Waals surface area (Å²) in [6.07, 6.45) is 4.37. The number of hydrogen-bond donors (Lipinski definition) is 1. The minimum absolute atomic E-state index is 0.0426. The number of nitrogens with zero attached hydrogens (tertiary/aromatic N) is 4. The summed E-state index contributed by atoms with van der Waals surface area (Å²) in [5.41, 5.74) is 1.05. The van der Waals surface area contributed by atoms with Crippen molar-refractivity contribution >= 4 is 34.0 Å². The lowest BCUT2D eigenvalue weighted by Gasteiger charge is -2.25. The van der Waals surface area contributed by atoms with Gasteiger partial charge in [-0.25, -0.2) is 4.98 Å². The molecule has 9 heteroatoms. The van der Waals surface area contributed by atoms with E-state index in [2.05, 4.69) is 20.1 Å². The number of aromatic nitrogens is 1. The molecule has 0 aliphatic carbocycles. The predicted molar refractivity (Wildman–Crippen MR) is 125 cm³/mol. The summed E-state index contributed by atoms with van der Waals surface area (Å²) in [6.45, 7) is 4.03. The zero-order chi connectivity index (χ0) is 22.3. The minimum atomic E-state index is -0.245. The van der Waals surface area contributed by atoms with Crippen LogP contribution in [0.4, 0.5) is 10.8 Å². The van der Waals surface area contributed by atoms with Gasteiger partial charge in [0.05, 0.1) is 30.6 Å². The summed E-state index contributed by atoms with van der Waals surface area (Å²) < 4.78 is 5.27. The van der Waals surface area contributed by atoms with Crippen molar-refractivity contribution in [2.45, 2.75) is 13.0 Å². The summed E-state index contributed by atoms with van der Waals surface area (Å²) in [6, 6.07) is 10.7. The van der Waals surface area contributed by atoms with Gasteiger partial charge in [-0.3, -0.25) is 14.5 Å².